The highest BCUT2D eigenvalue weighted by molar-refractivity contribution is 9.10. The maximum Gasteiger partial charge on any atom is 0.417 e. The molecular formula is C18H11BrF5N3O3. The number of hydrogen-bond donors (Lipinski definition) is 1. The SMILES string of the molecule is NC(=O)c1c(F)ccc(OCCc2nc(-c3ccc(C(F)(F)F)cn3)c(Br)o2)c1F. The van der Waals surface area contributed by atoms with Gasteiger partial charge in [0.05, 0.1) is 24.3 Å². The lowest BCUT2D eigenvalue weighted by molar-refractivity contribution is -0.137. The zero-order chi connectivity index (χ0) is 22.1. The molecule has 1 aromatic carbocycles. The van der Waals surface area contributed by atoms with Crippen molar-refractivity contribution < 1.29 is 35.9 Å². The van der Waals surface area contributed by atoms with Gasteiger partial charge in [0.1, 0.15) is 17.1 Å². The lowest BCUT2D eigenvalue weighted by atomic mass is 10.1. The van der Waals surface area contributed by atoms with Crippen molar-refractivity contribution in [2.24, 2.45) is 5.73 Å². The third-order valence-electron chi connectivity index (χ3n) is 3.84. The summed E-state index contributed by atoms with van der Waals surface area (Å²) in [5, 5.41) is 0. The number of benzene rings is 1. The number of carbonyl (C=O) groups is 1. The molecule has 12 heteroatoms. The van der Waals surface area contributed by atoms with E-state index < -0.39 is 34.8 Å². The fourth-order valence-electron chi connectivity index (χ4n) is 2.43. The Hall–Kier alpha value is -3.02. The summed E-state index contributed by atoms with van der Waals surface area (Å²) >= 11 is 3.11. The molecule has 6 nitrogen and oxygen atoms in total. The van der Waals surface area contributed by atoms with Crippen LogP contribution in [-0.4, -0.2) is 22.5 Å². The van der Waals surface area contributed by atoms with Crippen LogP contribution in [0, 0.1) is 11.6 Å². The fourth-order valence-corrected chi connectivity index (χ4v) is 2.91. The molecule has 0 radical (unpaired) electrons. The summed E-state index contributed by atoms with van der Waals surface area (Å²) in [5.41, 5.74) is 3.43. The van der Waals surface area contributed by atoms with Gasteiger partial charge in [-0.1, -0.05) is 0 Å². The third-order valence-corrected chi connectivity index (χ3v) is 4.38. The average Bonchev–Trinajstić information content (AvgIpc) is 3.03. The Morgan fingerprint density at radius 1 is 1.20 bits per heavy atom. The molecule has 0 bridgehead atoms. The average molecular weight is 492 g/mol. The number of aromatic nitrogens is 2. The first-order valence-corrected chi connectivity index (χ1v) is 8.96. The minimum atomic E-state index is -4.51. The topological polar surface area (TPSA) is 91.2 Å². The number of carbonyl (C=O) groups excluding carboxylic acids is 1. The smallest absolute Gasteiger partial charge is 0.417 e. The second-order valence-corrected chi connectivity index (χ2v) is 6.58. The van der Waals surface area contributed by atoms with E-state index in [9.17, 15) is 26.7 Å². The van der Waals surface area contributed by atoms with E-state index >= 15 is 0 Å². The van der Waals surface area contributed by atoms with E-state index in [2.05, 4.69) is 25.9 Å². The van der Waals surface area contributed by atoms with Crippen LogP contribution in [0.15, 0.2) is 39.5 Å². The normalized spacial score (nSPS) is 11.5. The molecule has 2 N–H and O–H groups in total. The van der Waals surface area contributed by atoms with Gasteiger partial charge in [0.15, 0.2) is 22.1 Å². The first kappa shape index (κ1) is 21.7. The Kier molecular flexibility index (Phi) is 6.06. The first-order chi connectivity index (χ1) is 14.1. The van der Waals surface area contributed by atoms with Gasteiger partial charge in [-0.15, -0.1) is 0 Å². The van der Waals surface area contributed by atoms with Crippen LogP contribution in [0.3, 0.4) is 0 Å². The van der Waals surface area contributed by atoms with Crippen LogP contribution < -0.4 is 10.5 Å². The molecule has 3 rings (SSSR count). The highest BCUT2D eigenvalue weighted by Crippen LogP contribution is 2.32. The molecule has 1 amide bonds. The molecule has 158 valence electrons. The van der Waals surface area contributed by atoms with Gasteiger partial charge in [0, 0.05) is 6.20 Å². The lowest BCUT2D eigenvalue weighted by Gasteiger charge is -2.08. The monoisotopic (exact) mass is 491 g/mol. The Morgan fingerprint density at radius 2 is 1.93 bits per heavy atom. The molecule has 2 aromatic heterocycles. The predicted molar refractivity (Wildman–Crippen MR) is 96.5 cm³/mol. The number of rotatable bonds is 6. The predicted octanol–water partition coefficient (Wildman–Crippen LogP) is 4.52. The molecule has 0 spiro atoms. The second kappa shape index (κ2) is 8.38. The standard InChI is InChI=1S/C18H11BrF5N3O3/c19-16-15(10-3-1-8(7-26-10)18(22,23)24)27-12(30-16)5-6-29-11-4-2-9(20)13(14(11)21)17(25)28/h1-4,7H,5-6H2,(H2,25,28). The molecule has 3 aromatic rings. The van der Waals surface area contributed by atoms with E-state index in [1.807, 2.05) is 0 Å². The number of primary amides is 1. The third kappa shape index (κ3) is 4.58. The van der Waals surface area contributed by atoms with Crippen LogP contribution in [0.4, 0.5) is 22.0 Å². The molecule has 0 aliphatic heterocycles. The summed E-state index contributed by atoms with van der Waals surface area (Å²) in [5.74, 6) is -3.89. The number of pyridine rings is 1. The molecule has 2 heterocycles. The maximum absolute atomic E-state index is 14.1. The largest absolute Gasteiger partial charge is 0.490 e. The minimum Gasteiger partial charge on any atom is -0.490 e. The van der Waals surface area contributed by atoms with E-state index in [0.29, 0.717) is 6.20 Å². The summed E-state index contributed by atoms with van der Waals surface area (Å²) in [6.07, 6.45) is -3.81. The quantitative estimate of drug-likeness (QED) is 0.512. The van der Waals surface area contributed by atoms with E-state index in [1.54, 1.807) is 0 Å². The van der Waals surface area contributed by atoms with Crippen molar-refractivity contribution in [2.75, 3.05) is 6.61 Å². The number of amides is 1. The highest BCUT2D eigenvalue weighted by Gasteiger charge is 2.31. The molecule has 0 aliphatic carbocycles. The number of alkyl halides is 3. The highest BCUT2D eigenvalue weighted by atomic mass is 79.9. The lowest BCUT2D eigenvalue weighted by Crippen LogP contribution is -2.16. The second-order valence-electron chi connectivity index (χ2n) is 5.86. The Labute approximate surface area is 174 Å². The fraction of sp³-hybridized carbons (Fsp3) is 0.167. The summed E-state index contributed by atoms with van der Waals surface area (Å²) < 4.78 is 76.2. The zero-order valence-corrected chi connectivity index (χ0v) is 16.4. The minimum absolute atomic E-state index is 0.0297. The van der Waals surface area contributed by atoms with Crippen molar-refractivity contribution in [1.82, 2.24) is 9.97 Å². The number of nitrogens with two attached hydrogens (primary N) is 1. The van der Waals surface area contributed by atoms with Gasteiger partial charge in [-0.05, 0) is 40.2 Å². The van der Waals surface area contributed by atoms with Crippen LogP contribution in [-0.2, 0) is 12.6 Å². The van der Waals surface area contributed by atoms with Gasteiger partial charge in [-0.2, -0.15) is 13.2 Å². The molecule has 0 saturated heterocycles. The molecule has 0 saturated carbocycles. The molecule has 30 heavy (non-hydrogen) atoms. The van der Waals surface area contributed by atoms with Gasteiger partial charge in [-0.25, -0.2) is 13.8 Å². The molecule has 0 unspecified atom stereocenters. The Balaban J connectivity index is 1.70. The number of ether oxygens (including phenoxy) is 1. The Bertz CT molecular complexity index is 1080. The summed E-state index contributed by atoms with van der Waals surface area (Å²) in [7, 11) is 0. The van der Waals surface area contributed by atoms with Gasteiger partial charge in [0.2, 0.25) is 0 Å². The number of nitrogens with zero attached hydrogens (tertiary/aromatic N) is 2. The van der Waals surface area contributed by atoms with Crippen molar-refractivity contribution in [3.63, 3.8) is 0 Å². The molecule has 0 aliphatic rings. The number of halogens is 6. The van der Waals surface area contributed by atoms with Crippen molar-refractivity contribution in [1.29, 1.82) is 0 Å². The van der Waals surface area contributed by atoms with Crippen molar-refractivity contribution in [3.05, 3.63) is 63.8 Å². The maximum atomic E-state index is 14.1. The summed E-state index contributed by atoms with van der Waals surface area (Å²) in [4.78, 5) is 19.0. The summed E-state index contributed by atoms with van der Waals surface area (Å²) in [6.45, 7) is -0.159. The molecule has 0 fully saturated rings. The van der Waals surface area contributed by atoms with Crippen LogP contribution in [0.1, 0.15) is 21.8 Å². The zero-order valence-electron chi connectivity index (χ0n) is 14.8. The van der Waals surface area contributed by atoms with Crippen molar-refractivity contribution >= 4 is 21.8 Å². The first-order valence-electron chi connectivity index (χ1n) is 8.17. The van der Waals surface area contributed by atoms with E-state index in [-0.39, 0.29) is 40.7 Å². The van der Waals surface area contributed by atoms with Gasteiger partial charge in [-0.3, -0.25) is 9.78 Å². The van der Waals surface area contributed by atoms with Crippen molar-refractivity contribution in [3.8, 4) is 17.1 Å². The Morgan fingerprint density at radius 3 is 2.53 bits per heavy atom. The van der Waals surface area contributed by atoms with Crippen molar-refractivity contribution in [2.45, 2.75) is 12.6 Å². The van der Waals surface area contributed by atoms with E-state index in [4.69, 9.17) is 14.9 Å². The molecular weight excluding hydrogens is 481 g/mol. The van der Waals surface area contributed by atoms with Crippen LogP contribution in [0.2, 0.25) is 0 Å². The van der Waals surface area contributed by atoms with E-state index in [0.717, 1.165) is 24.3 Å². The van der Waals surface area contributed by atoms with E-state index in [1.165, 1.54) is 0 Å². The van der Waals surface area contributed by atoms with Gasteiger partial charge in [0.25, 0.3) is 5.91 Å². The molecule has 0 atom stereocenters. The number of oxazole rings is 1. The van der Waals surface area contributed by atoms with Crippen LogP contribution in [0.5, 0.6) is 5.75 Å². The summed E-state index contributed by atoms with van der Waals surface area (Å²) in [6, 6.07) is 3.85. The van der Waals surface area contributed by atoms with Crippen LogP contribution in [0.25, 0.3) is 11.4 Å². The van der Waals surface area contributed by atoms with Gasteiger partial charge < -0.3 is 14.9 Å². The number of hydrogen-bond acceptors (Lipinski definition) is 5. The van der Waals surface area contributed by atoms with Crippen LogP contribution >= 0.6 is 15.9 Å². The van der Waals surface area contributed by atoms with Gasteiger partial charge >= 0.3 is 6.18 Å².